The first-order chi connectivity index (χ1) is 8.87. The number of hydrogen-bond acceptors (Lipinski definition) is 3. The van der Waals surface area contributed by atoms with Gasteiger partial charge in [0.25, 0.3) is 0 Å². The molecule has 0 aromatic carbocycles. The van der Waals surface area contributed by atoms with Crippen LogP contribution in [0.25, 0.3) is 0 Å². The van der Waals surface area contributed by atoms with Gasteiger partial charge in [-0.1, -0.05) is 27.7 Å². The molecule has 0 fully saturated rings. The van der Waals surface area contributed by atoms with E-state index in [2.05, 4.69) is 48.2 Å². The molecule has 1 rings (SSSR count). The van der Waals surface area contributed by atoms with E-state index in [4.69, 9.17) is 0 Å². The quantitative estimate of drug-likeness (QED) is 0.744. The maximum Gasteiger partial charge on any atom is 0.220 e. The summed E-state index contributed by atoms with van der Waals surface area (Å²) in [6.07, 6.45) is 4.88. The molecule has 1 aromatic heterocycles. The van der Waals surface area contributed by atoms with Gasteiger partial charge in [0.2, 0.25) is 5.91 Å². The summed E-state index contributed by atoms with van der Waals surface area (Å²) < 4.78 is 0. The highest BCUT2D eigenvalue weighted by molar-refractivity contribution is 5.76. The fourth-order valence-electron chi connectivity index (χ4n) is 2.34. The number of nitrogens with one attached hydrogen (secondary N) is 2. The van der Waals surface area contributed by atoms with Gasteiger partial charge in [0, 0.05) is 19.4 Å². The normalized spacial score (nSPS) is 13.3. The van der Waals surface area contributed by atoms with Crippen LogP contribution in [0.4, 0.5) is 0 Å². The van der Waals surface area contributed by atoms with Gasteiger partial charge in [0.15, 0.2) is 0 Å². The number of aromatic nitrogens is 3. The van der Waals surface area contributed by atoms with Crippen molar-refractivity contribution in [1.82, 2.24) is 20.5 Å². The molecule has 0 aliphatic heterocycles. The highest BCUT2D eigenvalue weighted by Gasteiger charge is 2.17. The minimum atomic E-state index is 0.148. The van der Waals surface area contributed by atoms with E-state index >= 15 is 0 Å². The van der Waals surface area contributed by atoms with Gasteiger partial charge >= 0.3 is 0 Å². The highest BCUT2D eigenvalue weighted by atomic mass is 16.1. The van der Waals surface area contributed by atoms with Crippen molar-refractivity contribution in [3.8, 4) is 0 Å². The number of amides is 1. The van der Waals surface area contributed by atoms with Crippen LogP contribution in [0.5, 0.6) is 0 Å². The zero-order valence-corrected chi connectivity index (χ0v) is 12.5. The maximum atomic E-state index is 11.8. The molecule has 1 unspecified atom stereocenters. The molecule has 1 amide bonds. The van der Waals surface area contributed by atoms with Crippen LogP contribution in [-0.4, -0.2) is 27.6 Å². The third-order valence-corrected chi connectivity index (χ3v) is 2.87. The van der Waals surface area contributed by atoms with Gasteiger partial charge in [0.1, 0.15) is 12.2 Å². The van der Waals surface area contributed by atoms with Crippen molar-refractivity contribution in [3.63, 3.8) is 0 Å². The lowest BCUT2D eigenvalue weighted by Crippen LogP contribution is -2.27. The number of carbonyl (C=O) groups excluding carboxylic acids is 1. The Morgan fingerprint density at radius 3 is 2.79 bits per heavy atom. The van der Waals surface area contributed by atoms with E-state index in [0.29, 0.717) is 18.9 Å². The summed E-state index contributed by atoms with van der Waals surface area (Å²) in [5.41, 5.74) is 0.284. The molecular weight excluding hydrogens is 240 g/mol. The third-order valence-electron chi connectivity index (χ3n) is 2.87. The van der Waals surface area contributed by atoms with Crippen molar-refractivity contribution in [2.24, 2.45) is 11.3 Å². The average Bonchev–Trinajstić information content (AvgIpc) is 2.74. The molecule has 0 aliphatic carbocycles. The number of hydrogen-bond donors (Lipinski definition) is 2. The van der Waals surface area contributed by atoms with Crippen molar-refractivity contribution >= 4 is 5.91 Å². The number of rotatable bonds is 7. The van der Waals surface area contributed by atoms with E-state index in [1.165, 1.54) is 6.33 Å². The molecule has 1 atom stereocenters. The molecule has 0 radical (unpaired) electrons. The zero-order valence-electron chi connectivity index (χ0n) is 12.5. The average molecular weight is 266 g/mol. The molecule has 0 bridgehead atoms. The topological polar surface area (TPSA) is 70.7 Å². The van der Waals surface area contributed by atoms with Gasteiger partial charge in [-0.05, 0) is 24.2 Å². The van der Waals surface area contributed by atoms with Crippen LogP contribution >= 0.6 is 0 Å². The lowest BCUT2D eigenvalue weighted by atomic mass is 9.84. The van der Waals surface area contributed by atoms with Crippen molar-refractivity contribution < 1.29 is 4.79 Å². The Balaban J connectivity index is 2.10. The summed E-state index contributed by atoms with van der Waals surface area (Å²) in [6.45, 7) is 9.46. The lowest BCUT2D eigenvalue weighted by molar-refractivity contribution is -0.122. The molecule has 5 nitrogen and oxygen atoms in total. The zero-order chi connectivity index (χ0) is 14.3. The van der Waals surface area contributed by atoms with Crippen molar-refractivity contribution in [3.05, 3.63) is 12.2 Å². The molecule has 19 heavy (non-hydrogen) atoms. The minimum Gasteiger partial charge on any atom is -0.356 e. The van der Waals surface area contributed by atoms with Crippen molar-refractivity contribution in [1.29, 1.82) is 0 Å². The maximum absolute atomic E-state index is 11.8. The molecule has 1 aromatic rings. The molecule has 0 saturated carbocycles. The predicted molar refractivity (Wildman–Crippen MR) is 75.6 cm³/mol. The lowest BCUT2D eigenvalue weighted by Gasteiger charge is -2.22. The standard InChI is InChI=1S/C14H26N4O/c1-11(9-14(2,3)4)8-13(19)15-7-5-6-12-16-10-17-18-12/h10-11H,5-9H2,1-4H3,(H,15,19)(H,16,17,18). The Bertz CT molecular complexity index is 367. The van der Waals surface area contributed by atoms with E-state index in [0.717, 1.165) is 25.1 Å². The second kappa shape index (κ2) is 7.26. The summed E-state index contributed by atoms with van der Waals surface area (Å²) in [5, 5.41) is 9.56. The van der Waals surface area contributed by atoms with Crippen LogP contribution in [-0.2, 0) is 11.2 Å². The summed E-state index contributed by atoms with van der Waals surface area (Å²) >= 11 is 0. The van der Waals surface area contributed by atoms with Crippen LogP contribution in [0.3, 0.4) is 0 Å². The van der Waals surface area contributed by atoms with E-state index in [-0.39, 0.29) is 11.3 Å². The van der Waals surface area contributed by atoms with Crippen LogP contribution in [0.2, 0.25) is 0 Å². The van der Waals surface area contributed by atoms with E-state index in [9.17, 15) is 4.79 Å². The number of nitrogens with zero attached hydrogens (tertiary/aromatic N) is 2. The van der Waals surface area contributed by atoms with Gasteiger partial charge in [-0.3, -0.25) is 9.89 Å². The molecule has 0 spiro atoms. The van der Waals surface area contributed by atoms with E-state index < -0.39 is 0 Å². The molecular formula is C14H26N4O. The van der Waals surface area contributed by atoms with E-state index in [1.54, 1.807) is 0 Å². The Morgan fingerprint density at radius 2 is 2.21 bits per heavy atom. The van der Waals surface area contributed by atoms with Gasteiger partial charge in [-0.25, -0.2) is 4.98 Å². The molecule has 5 heteroatoms. The third kappa shape index (κ3) is 7.59. The first kappa shape index (κ1) is 15.7. The monoisotopic (exact) mass is 266 g/mol. The number of H-pyrrole nitrogens is 1. The Morgan fingerprint density at radius 1 is 1.47 bits per heavy atom. The summed E-state index contributed by atoms with van der Waals surface area (Å²) in [5.74, 6) is 1.44. The summed E-state index contributed by atoms with van der Waals surface area (Å²) in [4.78, 5) is 15.8. The molecule has 108 valence electrons. The van der Waals surface area contributed by atoms with Crippen LogP contribution in [0, 0.1) is 11.3 Å². The van der Waals surface area contributed by atoms with Gasteiger partial charge in [-0.2, -0.15) is 5.10 Å². The predicted octanol–water partition coefficient (Wildman–Crippen LogP) is 2.32. The molecule has 1 heterocycles. The van der Waals surface area contributed by atoms with Crippen LogP contribution in [0.1, 0.15) is 52.8 Å². The molecule has 2 N–H and O–H groups in total. The second-order valence-electron chi connectivity index (χ2n) is 6.46. The fourth-order valence-corrected chi connectivity index (χ4v) is 2.34. The number of carbonyl (C=O) groups is 1. The van der Waals surface area contributed by atoms with E-state index in [1.807, 2.05) is 0 Å². The summed E-state index contributed by atoms with van der Waals surface area (Å²) in [7, 11) is 0. The van der Waals surface area contributed by atoms with Crippen molar-refractivity contribution in [2.45, 2.75) is 53.4 Å². The molecule has 0 saturated heterocycles. The Hall–Kier alpha value is -1.39. The summed E-state index contributed by atoms with van der Waals surface area (Å²) in [6, 6.07) is 0. The first-order valence-electron chi connectivity index (χ1n) is 6.98. The van der Waals surface area contributed by atoms with Crippen LogP contribution < -0.4 is 5.32 Å². The molecule has 0 aliphatic rings. The first-order valence-corrected chi connectivity index (χ1v) is 6.98. The number of aromatic amines is 1. The van der Waals surface area contributed by atoms with Crippen LogP contribution in [0.15, 0.2) is 6.33 Å². The Labute approximate surface area is 115 Å². The fraction of sp³-hybridized carbons (Fsp3) is 0.786. The van der Waals surface area contributed by atoms with Crippen molar-refractivity contribution in [2.75, 3.05) is 6.54 Å². The minimum absolute atomic E-state index is 0.148. The van der Waals surface area contributed by atoms with Gasteiger partial charge in [-0.15, -0.1) is 0 Å². The largest absolute Gasteiger partial charge is 0.356 e. The highest BCUT2D eigenvalue weighted by Crippen LogP contribution is 2.25. The second-order valence-corrected chi connectivity index (χ2v) is 6.46. The SMILES string of the molecule is CC(CC(=O)NCCCc1ncn[nH]1)CC(C)(C)C. The van der Waals surface area contributed by atoms with Gasteiger partial charge in [0.05, 0.1) is 0 Å². The van der Waals surface area contributed by atoms with Gasteiger partial charge < -0.3 is 5.32 Å². The number of aryl methyl sites for hydroxylation is 1. The smallest absolute Gasteiger partial charge is 0.220 e. The Kier molecular flexibility index (Phi) is 5.99.